The fraction of sp³-hybridized carbons (Fsp3) is 0.412. The summed E-state index contributed by atoms with van der Waals surface area (Å²) < 4.78 is 1.80. The molecular formula is C17H21N5O2S. The van der Waals surface area contributed by atoms with Gasteiger partial charge in [0.2, 0.25) is 0 Å². The number of aromatic nitrogens is 3. The first-order chi connectivity index (χ1) is 11.9. The second-order valence-electron chi connectivity index (χ2n) is 6.85. The molecule has 0 fully saturated rings. The summed E-state index contributed by atoms with van der Waals surface area (Å²) in [5.74, 6) is 0.875. The molecule has 2 aromatic rings. The van der Waals surface area contributed by atoms with Crippen molar-refractivity contribution >= 4 is 29.4 Å². The zero-order valence-electron chi connectivity index (χ0n) is 14.5. The zero-order chi connectivity index (χ0) is 18.0. The van der Waals surface area contributed by atoms with E-state index in [1.165, 1.54) is 0 Å². The van der Waals surface area contributed by atoms with Crippen molar-refractivity contribution < 1.29 is 9.59 Å². The highest BCUT2D eigenvalue weighted by Gasteiger charge is 2.29. The van der Waals surface area contributed by atoms with E-state index >= 15 is 0 Å². The highest BCUT2D eigenvalue weighted by molar-refractivity contribution is 7.98. The standard InChI is InChI=1S/C17H21N5O2S/c1-17(2,3)22-14(12-9-25-10-13(12)21-22)20-16(24)15(23)19-8-11-5-4-6-18-7-11/h4-7H,8-10H2,1-3H3,(H,19,23)(H,20,24). The van der Waals surface area contributed by atoms with E-state index < -0.39 is 11.8 Å². The predicted octanol–water partition coefficient (Wildman–Crippen LogP) is 2.03. The van der Waals surface area contributed by atoms with Gasteiger partial charge in [0, 0.05) is 36.0 Å². The Balaban J connectivity index is 1.71. The quantitative estimate of drug-likeness (QED) is 0.819. The smallest absolute Gasteiger partial charge is 0.314 e. The van der Waals surface area contributed by atoms with Crippen LogP contribution in [0.25, 0.3) is 0 Å². The van der Waals surface area contributed by atoms with E-state index in [0.29, 0.717) is 5.82 Å². The number of amides is 2. The molecule has 3 rings (SSSR count). The van der Waals surface area contributed by atoms with E-state index in [1.54, 1.807) is 34.9 Å². The number of anilines is 1. The first-order valence-corrected chi connectivity index (χ1v) is 9.19. The van der Waals surface area contributed by atoms with Crippen LogP contribution in [0.2, 0.25) is 0 Å². The highest BCUT2D eigenvalue weighted by atomic mass is 32.2. The molecule has 1 aliphatic heterocycles. The molecule has 1 aliphatic rings. The van der Waals surface area contributed by atoms with Gasteiger partial charge in [-0.2, -0.15) is 16.9 Å². The third-order valence-electron chi connectivity index (χ3n) is 3.80. The largest absolute Gasteiger partial charge is 0.344 e. The molecular weight excluding hydrogens is 338 g/mol. The van der Waals surface area contributed by atoms with Gasteiger partial charge in [-0.05, 0) is 32.4 Å². The van der Waals surface area contributed by atoms with E-state index in [0.717, 1.165) is 28.3 Å². The van der Waals surface area contributed by atoms with Crippen LogP contribution in [0.3, 0.4) is 0 Å². The fourth-order valence-corrected chi connectivity index (χ4v) is 3.59. The molecule has 3 heterocycles. The second kappa shape index (κ2) is 6.87. The second-order valence-corrected chi connectivity index (χ2v) is 7.83. The van der Waals surface area contributed by atoms with Gasteiger partial charge in [0.25, 0.3) is 0 Å². The summed E-state index contributed by atoms with van der Waals surface area (Å²) in [4.78, 5) is 28.4. The van der Waals surface area contributed by atoms with Crippen LogP contribution in [0.15, 0.2) is 24.5 Å². The van der Waals surface area contributed by atoms with Crippen molar-refractivity contribution in [3.63, 3.8) is 0 Å². The van der Waals surface area contributed by atoms with E-state index in [2.05, 4.69) is 20.7 Å². The lowest BCUT2D eigenvalue weighted by Gasteiger charge is -2.23. The molecule has 25 heavy (non-hydrogen) atoms. The minimum Gasteiger partial charge on any atom is -0.344 e. The number of thioether (sulfide) groups is 1. The first-order valence-electron chi connectivity index (χ1n) is 8.03. The van der Waals surface area contributed by atoms with Crippen LogP contribution in [0.1, 0.15) is 37.6 Å². The Bertz CT molecular complexity index is 795. The van der Waals surface area contributed by atoms with Crippen LogP contribution < -0.4 is 10.6 Å². The van der Waals surface area contributed by atoms with Gasteiger partial charge in [-0.15, -0.1) is 0 Å². The average molecular weight is 359 g/mol. The Morgan fingerprint density at radius 1 is 1.28 bits per heavy atom. The number of carbonyl (C=O) groups excluding carboxylic acids is 2. The van der Waals surface area contributed by atoms with E-state index in [-0.39, 0.29) is 12.1 Å². The molecule has 0 saturated heterocycles. The van der Waals surface area contributed by atoms with Gasteiger partial charge >= 0.3 is 11.8 Å². The summed E-state index contributed by atoms with van der Waals surface area (Å²) in [5.41, 5.74) is 2.53. The number of rotatable bonds is 3. The molecule has 0 radical (unpaired) electrons. The molecule has 132 valence electrons. The molecule has 8 heteroatoms. The van der Waals surface area contributed by atoms with Crippen molar-refractivity contribution in [1.29, 1.82) is 0 Å². The monoisotopic (exact) mass is 359 g/mol. The third-order valence-corrected chi connectivity index (χ3v) is 4.77. The zero-order valence-corrected chi connectivity index (χ0v) is 15.3. The maximum atomic E-state index is 12.3. The van der Waals surface area contributed by atoms with Crippen LogP contribution in [0.5, 0.6) is 0 Å². The van der Waals surface area contributed by atoms with Gasteiger partial charge in [0.1, 0.15) is 5.82 Å². The van der Waals surface area contributed by atoms with Crippen LogP contribution >= 0.6 is 11.8 Å². The molecule has 0 aromatic carbocycles. The van der Waals surface area contributed by atoms with E-state index in [9.17, 15) is 9.59 Å². The van der Waals surface area contributed by atoms with Crippen molar-refractivity contribution in [3.05, 3.63) is 41.3 Å². The molecule has 0 saturated carbocycles. The summed E-state index contributed by atoms with van der Waals surface area (Å²) in [6, 6.07) is 3.62. The lowest BCUT2D eigenvalue weighted by molar-refractivity contribution is -0.136. The van der Waals surface area contributed by atoms with Crippen LogP contribution in [0.4, 0.5) is 5.82 Å². The lowest BCUT2D eigenvalue weighted by atomic mass is 10.1. The summed E-state index contributed by atoms with van der Waals surface area (Å²) in [7, 11) is 0. The van der Waals surface area contributed by atoms with Crippen LogP contribution in [-0.4, -0.2) is 26.6 Å². The number of hydrogen-bond acceptors (Lipinski definition) is 5. The van der Waals surface area contributed by atoms with E-state index in [4.69, 9.17) is 0 Å². The first kappa shape index (κ1) is 17.5. The SMILES string of the molecule is CC(C)(C)n1nc2c(c1NC(=O)C(=O)NCc1cccnc1)CSC2. The van der Waals surface area contributed by atoms with Gasteiger partial charge in [0.05, 0.1) is 11.2 Å². The Hall–Kier alpha value is -2.35. The maximum Gasteiger partial charge on any atom is 0.314 e. The van der Waals surface area contributed by atoms with Crippen LogP contribution in [0, 0.1) is 0 Å². The van der Waals surface area contributed by atoms with Gasteiger partial charge in [-0.3, -0.25) is 14.6 Å². The van der Waals surface area contributed by atoms with E-state index in [1.807, 2.05) is 26.8 Å². The molecule has 0 unspecified atom stereocenters. The van der Waals surface area contributed by atoms with Gasteiger partial charge in [-0.1, -0.05) is 6.07 Å². The molecule has 7 nitrogen and oxygen atoms in total. The molecule has 2 amide bonds. The van der Waals surface area contributed by atoms with Gasteiger partial charge in [0.15, 0.2) is 0 Å². The minimum absolute atomic E-state index is 0.257. The highest BCUT2D eigenvalue weighted by Crippen LogP contribution is 2.37. The summed E-state index contributed by atoms with van der Waals surface area (Å²) in [6.45, 7) is 6.30. The maximum absolute atomic E-state index is 12.3. The minimum atomic E-state index is -0.686. The van der Waals surface area contributed by atoms with Gasteiger partial charge in [-0.25, -0.2) is 4.68 Å². The predicted molar refractivity (Wildman–Crippen MR) is 96.9 cm³/mol. The molecule has 0 aliphatic carbocycles. The summed E-state index contributed by atoms with van der Waals surface area (Å²) in [5, 5.41) is 9.97. The molecule has 0 bridgehead atoms. The number of fused-ring (bicyclic) bond motifs is 1. The Labute approximate surface area is 150 Å². The Kier molecular flexibility index (Phi) is 4.80. The Morgan fingerprint density at radius 3 is 2.76 bits per heavy atom. The number of carbonyl (C=O) groups is 2. The van der Waals surface area contributed by atoms with Crippen molar-refractivity contribution in [2.24, 2.45) is 0 Å². The van der Waals surface area contributed by atoms with Crippen molar-refractivity contribution in [2.45, 2.75) is 44.4 Å². The molecule has 0 spiro atoms. The van der Waals surface area contributed by atoms with Crippen molar-refractivity contribution in [2.75, 3.05) is 5.32 Å². The number of pyridine rings is 1. The normalized spacial score (nSPS) is 13.4. The molecule has 2 aromatic heterocycles. The average Bonchev–Trinajstić information content (AvgIpc) is 3.15. The Morgan fingerprint density at radius 2 is 2.08 bits per heavy atom. The third kappa shape index (κ3) is 3.84. The fourth-order valence-electron chi connectivity index (χ4n) is 2.56. The number of nitrogens with one attached hydrogen (secondary N) is 2. The number of nitrogens with zero attached hydrogens (tertiary/aromatic N) is 3. The lowest BCUT2D eigenvalue weighted by Crippen LogP contribution is -2.36. The molecule has 2 N–H and O–H groups in total. The number of hydrogen-bond donors (Lipinski definition) is 2. The molecule has 0 atom stereocenters. The summed E-state index contributed by atoms with van der Waals surface area (Å²) in [6.07, 6.45) is 3.31. The topological polar surface area (TPSA) is 88.9 Å². The summed E-state index contributed by atoms with van der Waals surface area (Å²) >= 11 is 1.75. The van der Waals surface area contributed by atoms with Crippen molar-refractivity contribution in [1.82, 2.24) is 20.1 Å². The van der Waals surface area contributed by atoms with Crippen molar-refractivity contribution in [3.8, 4) is 0 Å². The van der Waals surface area contributed by atoms with Crippen LogP contribution in [-0.2, 0) is 33.2 Å². The van der Waals surface area contributed by atoms with Gasteiger partial charge < -0.3 is 10.6 Å².